The summed E-state index contributed by atoms with van der Waals surface area (Å²) in [4.78, 5) is 11.8. The maximum atomic E-state index is 11.8. The summed E-state index contributed by atoms with van der Waals surface area (Å²) in [6.45, 7) is 5.25. The van der Waals surface area contributed by atoms with Crippen LogP contribution in [-0.4, -0.2) is 29.4 Å². The van der Waals surface area contributed by atoms with Crippen LogP contribution in [0.2, 0.25) is 0 Å². The minimum absolute atomic E-state index is 0.154. The lowest BCUT2D eigenvalue weighted by molar-refractivity contribution is 0.0484. The van der Waals surface area contributed by atoms with Crippen molar-refractivity contribution in [3.8, 4) is 0 Å². The summed E-state index contributed by atoms with van der Waals surface area (Å²) in [6.07, 6.45) is 1.77. The monoisotopic (exact) mass is 289 g/mol. The first-order valence-electron chi connectivity index (χ1n) is 6.99. The molecular weight excluding hydrogens is 268 g/mol. The molecule has 1 atom stereocenters. The molecule has 0 aliphatic carbocycles. The third kappa shape index (κ3) is 4.23. The maximum absolute atomic E-state index is 11.8. The third-order valence-corrected chi connectivity index (χ3v) is 3.02. The first-order chi connectivity index (χ1) is 9.89. The Kier molecular flexibility index (Phi) is 4.53. The first-order valence-corrected chi connectivity index (χ1v) is 6.99. The lowest BCUT2D eigenvalue weighted by atomic mass is 10.0. The van der Waals surface area contributed by atoms with Gasteiger partial charge in [-0.3, -0.25) is 5.32 Å². The quantitative estimate of drug-likeness (QED) is 0.894. The highest BCUT2D eigenvalue weighted by Crippen LogP contribution is 2.32. The fourth-order valence-electron chi connectivity index (χ4n) is 2.14. The molecule has 2 N–H and O–H groups in total. The molecule has 0 aromatic heterocycles. The topological polar surface area (TPSA) is 72.7 Å². The molecule has 0 spiro atoms. The summed E-state index contributed by atoms with van der Waals surface area (Å²) < 4.78 is 5.20. The SMILES string of the molecule is CC(C)(C)OC(=O)N[C@@H](CO)CC1=C[N]c2ccccc21. The highest BCUT2D eigenvalue weighted by Gasteiger charge is 2.22. The molecule has 1 radical (unpaired) electrons. The fraction of sp³-hybridized carbons (Fsp3) is 0.438. The minimum atomic E-state index is -0.557. The number of benzene rings is 1. The number of aliphatic hydroxyl groups excluding tert-OH is 1. The van der Waals surface area contributed by atoms with E-state index in [0.29, 0.717) is 6.42 Å². The largest absolute Gasteiger partial charge is 0.444 e. The highest BCUT2D eigenvalue weighted by atomic mass is 16.6. The molecule has 5 nitrogen and oxygen atoms in total. The summed E-state index contributed by atoms with van der Waals surface area (Å²) in [5.74, 6) is 0. The number of para-hydroxylation sites is 1. The Bertz CT molecular complexity index is 547. The molecule has 113 valence electrons. The number of fused-ring (bicyclic) bond motifs is 1. The number of alkyl carbamates (subject to hydrolysis) is 1. The standard InChI is InChI=1S/C16H21N2O3/c1-16(2,3)21-15(20)18-12(10-19)8-11-9-17-14-7-5-4-6-13(11)14/h4-7,9,12,19H,8,10H2,1-3H3,(H,18,20)/t12-/m1/s1. The van der Waals surface area contributed by atoms with Gasteiger partial charge in [-0.25, -0.2) is 4.79 Å². The lowest BCUT2D eigenvalue weighted by Crippen LogP contribution is -2.41. The van der Waals surface area contributed by atoms with Crippen molar-refractivity contribution >= 4 is 17.4 Å². The normalized spacial score (nSPS) is 14.8. The Morgan fingerprint density at radius 1 is 1.38 bits per heavy atom. The molecule has 1 aliphatic rings. The van der Waals surface area contributed by atoms with Gasteiger partial charge in [0.25, 0.3) is 0 Å². The van der Waals surface area contributed by atoms with Gasteiger partial charge in [-0.15, -0.1) is 0 Å². The maximum Gasteiger partial charge on any atom is 0.407 e. The molecule has 0 fully saturated rings. The number of nitrogens with one attached hydrogen (secondary N) is 1. The van der Waals surface area contributed by atoms with E-state index in [0.717, 1.165) is 16.8 Å². The van der Waals surface area contributed by atoms with Crippen molar-refractivity contribution in [1.29, 1.82) is 0 Å². The van der Waals surface area contributed by atoms with Crippen molar-refractivity contribution < 1.29 is 14.6 Å². The van der Waals surface area contributed by atoms with Crippen molar-refractivity contribution in [1.82, 2.24) is 10.6 Å². The van der Waals surface area contributed by atoms with E-state index >= 15 is 0 Å². The molecule has 0 unspecified atom stereocenters. The summed E-state index contributed by atoms with van der Waals surface area (Å²) in [7, 11) is 0. The van der Waals surface area contributed by atoms with Crippen LogP contribution in [0, 0.1) is 0 Å². The van der Waals surface area contributed by atoms with Gasteiger partial charge >= 0.3 is 6.09 Å². The van der Waals surface area contributed by atoms with Crippen LogP contribution in [0.15, 0.2) is 30.5 Å². The number of hydrogen-bond donors (Lipinski definition) is 2. The second-order valence-electron chi connectivity index (χ2n) is 6.03. The van der Waals surface area contributed by atoms with Crippen molar-refractivity contribution in [3.63, 3.8) is 0 Å². The van der Waals surface area contributed by atoms with E-state index < -0.39 is 17.7 Å². The van der Waals surface area contributed by atoms with Crippen molar-refractivity contribution in [2.24, 2.45) is 0 Å². The van der Waals surface area contributed by atoms with Gasteiger partial charge in [0.2, 0.25) is 0 Å². The van der Waals surface area contributed by atoms with Crippen LogP contribution in [-0.2, 0) is 4.74 Å². The van der Waals surface area contributed by atoms with Gasteiger partial charge < -0.3 is 15.2 Å². The number of carbonyl (C=O) groups excluding carboxylic acids is 1. The van der Waals surface area contributed by atoms with E-state index in [4.69, 9.17) is 4.74 Å². The number of ether oxygens (including phenoxy) is 1. The smallest absolute Gasteiger partial charge is 0.407 e. The van der Waals surface area contributed by atoms with Crippen molar-refractivity contribution in [3.05, 3.63) is 36.0 Å². The van der Waals surface area contributed by atoms with Crippen LogP contribution in [0.25, 0.3) is 5.57 Å². The molecular formula is C16H21N2O3. The number of aliphatic hydroxyl groups is 1. The third-order valence-electron chi connectivity index (χ3n) is 3.02. The number of carbonyl (C=O) groups is 1. The van der Waals surface area contributed by atoms with Crippen LogP contribution >= 0.6 is 0 Å². The molecule has 0 bridgehead atoms. The second-order valence-corrected chi connectivity index (χ2v) is 6.03. The minimum Gasteiger partial charge on any atom is -0.444 e. The van der Waals surface area contributed by atoms with Crippen LogP contribution in [0.1, 0.15) is 32.8 Å². The van der Waals surface area contributed by atoms with Gasteiger partial charge in [-0.05, 0) is 38.8 Å². The van der Waals surface area contributed by atoms with E-state index in [1.54, 1.807) is 27.0 Å². The van der Waals surface area contributed by atoms with E-state index in [9.17, 15) is 9.90 Å². The summed E-state index contributed by atoms with van der Waals surface area (Å²) in [5, 5.41) is 16.5. The number of rotatable bonds is 4. The molecule has 5 heteroatoms. The Morgan fingerprint density at radius 2 is 2.10 bits per heavy atom. The van der Waals surface area contributed by atoms with Crippen LogP contribution in [0.3, 0.4) is 0 Å². The predicted molar refractivity (Wildman–Crippen MR) is 81.1 cm³/mol. The van der Waals surface area contributed by atoms with E-state index in [1.165, 1.54) is 0 Å². The number of nitrogens with zero attached hydrogens (tertiary/aromatic N) is 1. The van der Waals surface area contributed by atoms with Gasteiger partial charge in [0.15, 0.2) is 0 Å². The first kappa shape index (κ1) is 15.4. The average Bonchev–Trinajstić information content (AvgIpc) is 2.79. The zero-order chi connectivity index (χ0) is 15.5. The molecule has 1 aromatic rings. The molecule has 0 saturated carbocycles. The van der Waals surface area contributed by atoms with Crippen molar-refractivity contribution in [2.45, 2.75) is 38.8 Å². The fourth-order valence-corrected chi connectivity index (χ4v) is 2.14. The Balaban J connectivity index is 1.96. The van der Waals surface area contributed by atoms with E-state index in [-0.39, 0.29) is 6.61 Å². The average molecular weight is 289 g/mol. The van der Waals surface area contributed by atoms with Crippen LogP contribution in [0.5, 0.6) is 0 Å². The molecule has 0 saturated heterocycles. The lowest BCUT2D eigenvalue weighted by Gasteiger charge is -2.23. The molecule has 1 amide bonds. The molecule has 1 aliphatic heterocycles. The summed E-state index contributed by atoms with van der Waals surface area (Å²) in [6, 6.07) is 7.41. The number of hydrogen-bond acceptors (Lipinski definition) is 3. The predicted octanol–water partition coefficient (Wildman–Crippen LogP) is 2.55. The summed E-state index contributed by atoms with van der Waals surface area (Å²) in [5.41, 5.74) is 2.41. The second kappa shape index (κ2) is 6.18. The Labute approximate surface area is 125 Å². The van der Waals surface area contributed by atoms with Gasteiger partial charge in [0.05, 0.1) is 18.3 Å². The highest BCUT2D eigenvalue weighted by molar-refractivity contribution is 5.79. The Morgan fingerprint density at radius 3 is 2.76 bits per heavy atom. The number of amides is 1. The van der Waals surface area contributed by atoms with Gasteiger partial charge in [-0.1, -0.05) is 18.2 Å². The molecule has 1 aromatic carbocycles. The van der Waals surface area contributed by atoms with Crippen LogP contribution in [0.4, 0.5) is 10.5 Å². The molecule has 2 rings (SSSR count). The zero-order valence-corrected chi connectivity index (χ0v) is 12.6. The summed E-state index contributed by atoms with van der Waals surface area (Å²) >= 11 is 0. The van der Waals surface area contributed by atoms with Gasteiger partial charge in [0, 0.05) is 11.8 Å². The zero-order valence-electron chi connectivity index (χ0n) is 12.6. The van der Waals surface area contributed by atoms with Crippen LogP contribution < -0.4 is 10.6 Å². The molecule has 1 heterocycles. The molecule has 21 heavy (non-hydrogen) atoms. The van der Waals surface area contributed by atoms with Crippen molar-refractivity contribution in [2.75, 3.05) is 6.61 Å². The Hall–Kier alpha value is -2.01. The van der Waals surface area contributed by atoms with Gasteiger partial charge in [-0.2, -0.15) is 0 Å². The van der Waals surface area contributed by atoms with E-state index in [1.807, 2.05) is 24.3 Å². The van der Waals surface area contributed by atoms with Gasteiger partial charge in [0.1, 0.15) is 5.60 Å². The van der Waals surface area contributed by atoms with E-state index in [2.05, 4.69) is 10.6 Å².